The molecule has 0 aliphatic carbocycles. The van der Waals surface area contributed by atoms with E-state index >= 15 is 0 Å². The minimum absolute atomic E-state index is 0.143. The molecule has 0 rings (SSSR count). The number of nitrogens with zero attached hydrogens (tertiary/aromatic N) is 1. The zero-order valence-electron chi connectivity index (χ0n) is 70.7. The lowest BCUT2D eigenvalue weighted by Crippen LogP contribution is -2.44. The first-order valence-corrected chi connectivity index (χ1v) is 45.3. The normalized spacial score (nSPS) is 13.2. The maximum atomic E-state index is 13.0. The highest BCUT2D eigenvalue weighted by Crippen LogP contribution is 2.20. The van der Waals surface area contributed by atoms with Gasteiger partial charge in [0.25, 0.3) is 0 Å². The minimum atomic E-state index is -1.63. The van der Waals surface area contributed by atoms with Crippen molar-refractivity contribution in [3.63, 3.8) is 0 Å². The van der Waals surface area contributed by atoms with Gasteiger partial charge in [0.2, 0.25) is 0 Å². The standard InChI is InChI=1S/C98H171NO8/c1-6-8-10-12-14-16-18-20-22-24-26-28-30-32-34-36-38-40-42-44-46-48-50-52-54-56-58-60-62-64-66-68-70-72-74-76-78-80-82-84-86-88-95(100)105-92-94(93-106-98(97(102)103)104-91-90-99(3,4)5)107-96(101)89-87-85-83-81-79-77-75-73-71-69-67-65-63-61-59-57-55-53-51-49-47-45-43-41-39-37-35-33-31-29-27-25-23-21-19-17-15-13-11-9-7-2/h9,11,15,17,21,23-24,26-27,29,33,35,39,41,45,47,51,53,57,59,63,65,94,98H,6-8,10,12-14,16,18-20,22,25,28,30-32,34,36-38,40,42-44,46,48-50,52,54-56,58,60-62,64,66-93H2,1-5H3/b11-9-,17-15-,23-21-,26-24-,29-27-,35-33-,41-39-,47-45-,53-51-,59-57-,65-63-. The van der Waals surface area contributed by atoms with Gasteiger partial charge in [-0.25, -0.2) is 0 Å². The lowest BCUT2D eigenvalue weighted by atomic mass is 10.0. The number of esters is 2. The number of quaternary nitrogens is 1. The van der Waals surface area contributed by atoms with Crippen LogP contribution in [0.25, 0.3) is 0 Å². The van der Waals surface area contributed by atoms with Crippen molar-refractivity contribution in [2.45, 2.75) is 424 Å². The summed E-state index contributed by atoms with van der Waals surface area (Å²) in [6, 6.07) is 0. The number of hydrogen-bond donors (Lipinski definition) is 0. The van der Waals surface area contributed by atoms with E-state index in [1.54, 1.807) is 0 Å². The van der Waals surface area contributed by atoms with Crippen LogP contribution in [0, 0.1) is 0 Å². The largest absolute Gasteiger partial charge is 0.545 e. The molecule has 0 aromatic carbocycles. The van der Waals surface area contributed by atoms with Crippen LogP contribution in [0.3, 0.4) is 0 Å². The van der Waals surface area contributed by atoms with Crippen molar-refractivity contribution in [2.24, 2.45) is 0 Å². The van der Waals surface area contributed by atoms with Gasteiger partial charge in [-0.3, -0.25) is 9.59 Å². The van der Waals surface area contributed by atoms with Crippen LogP contribution >= 0.6 is 0 Å². The number of carboxylic acids is 1. The van der Waals surface area contributed by atoms with Crippen molar-refractivity contribution in [3.8, 4) is 0 Å². The first-order chi connectivity index (χ1) is 52.6. The molecule has 0 bridgehead atoms. The van der Waals surface area contributed by atoms with E-state index in [1.807, 2.05) is 21.1 Å². The van der Waals surface area contributed by atoms with E-state index < -0.39 is 24.3 Å². The second kappa shape index (κ2) is 87.0. The summed E-state index contributed by atoms with van der Waals surface area (Å²) in [7, 11) is 5.94. The van der Waals surface area contributed by atoms with Crippen molar-refractivity contribution in [1.82, 2.24) is 0 Å². The molecule has 0 aliphatic rings. The molecule has 0 aromatic rings. The van der Waals surface area contributed by atoms with E-state index in [2.05, 4.69) is 148 Å². The van der Waals surface area contributed by atoms with Crippen molar-refractivity contribution >= 4 is 17.9 Å². The molecule has 0 amide bonds. The minimum Gasteiger partial charge on any atom is -0.545 e. The molecule has 0 heterocycles. The van der Waals surface area contributed by atoms with Gasteiger partial charge in [-0.1, -0.05) is 417 Å². The number of carbonyl (C=O) groups is 3. The molecule has 2 atom stereocenters. The molecule has 0 spiro atoms. The topological polar surface area (TPSA) is 111 Å². The van der Waals surface area contributed by atoms with Crippen LogP contribution in [-0.4, -0.2) is 82.3 Å². The summed E-state index contributed by atoms with van der Waals surface area (Å²) in [6.45, 7) is 4.67. The van der Waals surface area contributed by atoms with Gasteiger partial charge in [-0.2, -0.15) is 0 Å². The van der Waals surface area contributed by atoms with Crippen molar-refractivity contribution in [1.29, 1.82) is 0 Å². The molecule has 0 N–H and O–H groups in total. The first kappa shape index (κ1) is 102. The molecule has 2 unspecified atom stereocenters. The summed E-state index contributed by atoms with van der Waals surface area (Å²) >= 11 is 0. The Morgan fingerprint density at radius 1 is 0.290 bits per heavy atom. The number of ether oxygens (including phenoxy) is 4. The van der Waals surface area contributed by atoms with E-state index in [-0.39, 0.29) is 32.2 Å². The second-order valence-electron chi connectivity index (χ2n) is 31.5. The van der Waals surface area contributed by atoms with Crippen LogP contribution in [-0.2, 0) is 33.3 Å². The molecule has 0 saturated heterocycles. The number of unbranched alkanes of at least 4 members (excludes halogenated alkanes) is 47. The lowest BCUT2D eigenvalue weighted by molar-refractivity contribution is -0.870. The van der Waals surface area contributed by atoms with Gasteiger partial charge in [0.1, 0.15) is 13.2 Å². The zero-order chi connectivity index (χ0) is 77.4. The van der Waals surface area contributed by atoms with Crippen LogP contribution in [0.15, 0.2) is 134 Å². The third kappa shape index (κ3) is 88.5. The molecule has 0 fully saturated rings. The fraction of sp³-hybridized carbons (Fsp3) is 0.745. The van der Waals surface area contributed by atoms with Gasteiger partial charge in [-0.05, 0) is 116 Å². The van der Waals surface area contributed by atoms with Crippen LogP contribution < -0.4 is 5.11 Å². The first-order valence-electron chi connectivity index (χ1n) is 45.3. The number of likely N-dealkylation sites (N-methyl/N-ethyl adjacent to an activating group) is 1. The SMILES string of the molecule is CC/C=C\C/C=C\C/C=C\C/C=C\C/C=C\C/C=C\C/C=C\C/C=C\C/C=C\C/C=C\CCCCCCCCCCCCC(=O)OC(COC(=O)CCCCCCCCCCCCCCCCCCCCCCCCCCCCCCC/C=C\CCCCCCCCCC)COC(OCC[N+](C)(C)C)C(=O)[O-]. The lowest BCUT2D eigenvalue weighted by Gasteiger charge is -2.26. The molecular formula is C98H171NO8. The molecule has 107 heavy (non-hydrogen) atoms. The van der Waals surface area contributed by atoms with Gasteiger partial charge >= 0.3 is 11.9 Å². The summed E-state index contributed by atoms with van der Waals surface area (Å²) < 4.78 is 22.9. The van der Waals surface area contributed by atoms with Gasteiger partial charge in [0.05, 0.1) is 40.3 Å². The van der Waals surface area contributed by atoms with Crippen molar-refractivity contribution in [3.05, 3.63) is 134 Å². The van der Waals surface area contributed by atoms with Crippen molar-refractivity contribution in [2.75, 3.05) is 47.5 Å². The Hall–Kier alpha value is -4.57. The van der Waals surface area contributed by atoms with E-state index in [9.17, 15) is 19.5 Å². The maximum Gasteiger partial charge on any atom is 0.306 e. The van der Waals surface area contributed by atoms with Crippen LogP contribution in [0.4, 0.5) is 0 Å². The Kier molecular flexibility index (Phi) is 83.3. The second-order valence-corrected chi connectivity index (χ2v) is 31.5. The number of rotatable bonds is 84. The van der Waals surface area contributed by atoms with E-state index in [1.165, 1.54) is 270 Å². The highest BCUT2D eigenvalue weighted by atomic mass is 16.7. The van der Waals surface area contributed by atoms with E-state index in [4.69, 9.17) is 18.9 Å². The Morgan fingerprint density at radius 2 is 0.533 bits per heavy atom. The predicted octanol–water partition coefficient (Wildman–Crippen LogP) is 28.6. The van der Waals surface area contributed by atoms with E-state index in [0.717, 1.165) is 109 Å². The fourth-order valence-corrected chi connectivity index (χ4v) is 13.0. The molecule has 0 aromatic heterocycles. The molecule has 0 saturated carbocycles. The Morgan fingerprint density at radius 3 is 0.804 bits per heavy atom. The average Bonchev–Trinajstić information content (AvgIpc) is 0.965. The number of carboxylic acid groups (broad SMARTS) is 1. The quantitative estimate of drug-likeness (QED) is 0.0195. The third-order valence-corrected chi connectivity index (χ3v) is 19.9. The molecule has 9 heteroatoms. The Balaban J connectivity index is 3.98. The van der Waals surface area contributed by atoms with Gasteiger partial charge in [0, 0.05) is 12.8 Å². The predicted molar refractivity (Wildman–Crippen MR) is 463 cm³/mol. The smallest absolute Gasteiger partial charge is 0.306 e. The third-order valence-electron chi connectivity index (χ3n) is 19.9. The van der Waals surface area contributed by atoms with Gasteiger partial charge in [0.15, 0.2) is 12.4 Å². The average molecular weight is 1490 g/mol. The van der Waals surface area contributed by atoms with Crippen LogP contribution in [0.2, 0.25) is 0 Å². The summed E-state index contributed by atoms with van der Waals surface area (Å²) in [4.78, 5) is 37.7. The van der Waals surface area contributed by atoms with Crippen LogP contribution in [0.1, 0.15) is 412 Å². The number of hydrogen-bond acceptors (Lipinski definition) is 8. The van der Waals surface area contributed by atoms with Crippen LogP contribution in [0.5, 0.6) is 0 Å². The summed E-state index contributed by atoms with van der Waals surface area (Å²) in [6.07, 6.45) is 123. The molecular weight excluding hydrogens is 1320 g/mol. The van der Waals surface area contributed by atoms with E-state index in [0.29, 0.717) is 23.9 Å². The van der Waals surface area contributed by atoms with Crippen molar-refractivity contribution < 1.29 is 42.9 Å². The number of allylic oxidation sites excluding steroid dienone is 22. The summed E-state index contributed by atoms with van der Waals surface area (Å²) in [5.41, 5.74) is 0. The molecule has 0 aliphatic heterocycles. The maximum absolute atomic E-state index is 13.0. The molecule has 0 radical (unpaired) electrons. The number of carbonyl (C=O) groups excluding carboxylic acids is 3. The molecule has 9 nitrogen and oxygen atoms in total. The zero-order valence-corrected chi connectivity index (χ0v) is 70.7. The monoisotopic (exact) mass is 1490 g/mol. The fourth-order valence-electron chi connectivity index (χ4n) is 13.0. The van der Waals surface area contributed by atoms with Gasteiger partial charge in [-0.15, -0.1) is 0 Å². The summed E-state index contributed by atoms with van der Waals surface area (Å²) in [5.74, 6) is -2.28. The Bertz CT molecular complexity index is 2240. The van der Waals surface area contributed by atoms with Gasteiger partial charge < -0.3 is 33.3 Å². The summed E-state index contributed by atoms with van der Waals surface area (Å²) in [5, 5.41) is 11.9. The highest BCUT2D eigenvalue weighted by molar-refractivity contribution is 5.70. The number of aliphatic carboxylic acids is 1. The Labute approximate surface area is 662 Å². The molecule has 616 valence electrons. The highest BCUT2D eigenvalue weighted by Gasteiger charge is 2.22.